The lowest BCUT2D eigenvalue weighted by Gasteiger charge is -2.22. The lowest BCUT2D eigenvalue weighted by molar-refractivity contribution is 0.0443. The molecule has 6 heteroatoms. The molecule has 6 nitrogen and oxygen atoms in total. The fraction of sp³-hybridized carbons (Fsp3) is 0.571. The van der Waals surface area contributed by atoms with Crippen LogP contribution in [-0.4, -0.2) is 39.6 Å². The number of carbonyl (C=O) groups excluding carboxylic acids is 1. The molecule has 2 rings (SSSR count). The van der Waals surface area contributed by atoms with Gasteiger partial charge in [-0.1, -0.05) is 0 Å². The number of hydrogen-bond donors (Lipinski definition) is 3. The lowest BCUT2D eigenvalue weighted by atomic mass is 9.98. The zero-order chi connectivity index (χ0) is 14.6. The van der Waals surface area contributed by atoms with E-state index in [1.54, 1.807) is 6.07 Å². The molecule has 110 valence electrons. The van der Waals surface area contributed by atoms with Gasteiger partial charge >= 0.3 is 0 Å². The van der Waals surface area contributed by atoms with Crippen molar-refractivity contribution >= 4 is 5.91 Å². The van der Waals surface area contributed by atoms with Gasteiger partial charge in [-0.05, 0) is 44.9 Å². The second kappa shape index (κ2) is 6.30. The summed E-state index contributed by atoms with van der Waals surface area (Å²) in [6.07, 6.45) is 4.14. The first-order valence-corrected chi connectivity index (χ1v) is 6.91. The van der Waals surface area contributed by atoms with Crippen molar-refractivity contribution in [2.24, 2.45) is 5.84 Å². The van der Waals surface area contributed by atoms with Gasteiger partial charge in [-0.25, -0.2) is 5.84 Å². The van der Waals surface area contributed by atoms with Gasteiger partial charge in [0.2, 0.25) is 0 Å². The van der Waals surface area contributed by atoms with Crippen LogP contribution in [0.25, 0.3) is 0 Å². The van der Waals surface area contributed by atoms with Crippen LogP contribution in [0.3, 0.4) is 0 Å². The summed E-state index contributed by atoms with van der Waals surface area (Å²) in [4.78, 5) is 17.9. The van der Waals surface area contributed by atoms with E-state index in [0.717, 1.165) is 44.6 Å². The van der Waals surface area contributed by atoms with Crippen LogP contribution in [0.15, 0.2) is 18.3 Å². The Morgan fingerprint density at radius 2 is 2.30 bits per heavy atom. The highest BCUT2D eigenvalue weighted by molar-refractivity contribution is 5.93. The van der Waals surface area contributed by atoms with Gasteiger partial charge in [-0.3, -0.25) is 20.1 Å². The highest BCUT2D eigenvalue weighted by atomic mass is 16.3. The number of nitrogens with zero attached hydrogens (tertiary/aromatic N) is 2. The molecule has 0 aromatic carbocycles. The van der Waals surface area contributed by atoms with Crippen LogP contribution in [0.2, 0.25) is 0 Å². The number of carbonyl (C=O) groups is 1. The Bertz CT molecular complexity index is 459. The van der Waals surface area contributed by atoms with E-state index in [-0.39, 0.29) is 5.91 Å². The average molecular weight is 278 g/mol. The van der Waals surface area contributed by atoms with Crippen molar-refractivity contribution in [1.29, 1.82) is 0 Å². The quantitative estimate of drug-likeness (QED) is 0.423. The van der Waals surface area contributed by atoms with Crippen LogP contribution in [0.1, 0.15) is 42.2 Å². The molecule has 1 aromatic rings. The number of nitrogens with one attached hydrogen (secondary N) is 1. The molecule has 0 spiro atoms. The van der Waals surface area contributed by atoms with Crippen LogP contribution in [-0.2, 0) is 6.54 Å². The second-order valence-electron chi connectivity index (χ2n) is 5.64. The summed E-state index contributed by atoms with van der Waals surface area (Å²) in [5.41, 5.74) is 2.90. The number of likely N-dealkylation sites (tertiary alicyclic amines) is 1. The Morgan fingerprint density at radius 3 is 2.95 bits per heavy atom. The smallest absolute Gasteiger partial charge is 0.266 e. The molecular formula is C14H22N4O2. The number of pyridine rings is 1. The van der Waals surface area contributed by atoms with Crippen LogP contribution in [0, 0.1) is 0 Å². The van der Waals surface area contributed by atoms with Crippen LogP contribution in [0.4, 0.5) is 0 Å². The molecule has 1 amide bonds. The fourth-order valence-electron chi connectivity index (χ4n) is 2.44. The maximum absolute atomic E-state index is 11.3. The van der Waals surface area contributed by atoms with E-state index in [0.29, 0.717) is 5.56 Å². The topological polar surface area (TPSA) is 91.5 Å². The first-order chi connectivity index (χ1) is 9.50. The van der Waals surface area contributed by atoms with Gasteiger partial charge in [0, 0.05) is 19.3 Å². The van der Waals surface area contributed by atoms with E-state index in [4.69, 9.17) is 5.84 Å². The predicted octanol–water partition coefficient (Wildman–Crippen LogP) is 0.422. The lowest BCUT2D eigenvalue weighted by Crippen LogP contribution is -2.30. The summed E-state index contributed by atoms with van der Waals surface area (Å²) in [7, 11) is 0. The summed E-state index contributed by atoms with van der Waals surface area (Å²) in [6.45, 7) is 4.46. The summed E-state index contributed by atoms with van der Waals surface area (Å²) < 4.78 is 0. The van der Waals surface area contributed by atoms with Crippen molar-refractivity contribution in [3.05, 3.63) is 29.6 Å². The van der Waals surface area contributed by atoms with E-state index in [9.17, 15) is 9.90 Å². The summed E-state index contributed by atoms with van der Waals surface area (Å²) in [5.74, 6) is 4.74. The monoisotopic (exact) mass is 278 g/mol. The van der Waals surface area contributed by atoms with Crippen molar-refractivity contribution in [2.75, 3.05) is 13.1 Å². The largest absolute Gasteiger partial charge is 0.390 e. The van der Waals surface area contributed by atoms with E-state index >= 15 is 0 Å². The third kappa shape index (κ3) is 4.00. The van der Waals surface area contributed by atoms with Crippen molar-refractivity contribution in [2.45, 2.75) is 38.3 Å². The van der Waals surface area contributed by atoms with Gasteiger partial charge in [0.15, 0.2) is 0 Å². The summed E-state index contributed by atoms with van der Waals surface area (Å²) >= 11 is 0. The molecule has 1 aliphatic heterocycles. The van der Waals surface area contributed by atoms with Gasteiger partial charge < -0.3 is 5.11 Å². The van der Waals surface area contributed by atoms with Gasteiger partial charge in [-0.15, -0.1) is 0 Å². The molecule has 0 aliphatic carbocycles. The Kier molecular flexibility index (Phi) is 4.69. The van der Waals surface area contributed by atoms with Crippen molar-refractivity contribution in [1.82, 2.24) is 15.3 Å². The Hall–Kier alpha value is -1.50. The van der Waals surface area contributed by atoms with Crippen LogP contribution in [0.5, 0.6) is 0 Å². The zero-order valence-corrected chi connectivity index (χ0v) is 11.8. The highest BCUT2D eigenvalue weighted by Crippen LogP contribution is 2.22. The number of nitrogens with two attached hydrogens (primary N) is 1. The van der Waals surface area contributed by atoms with Crippen molar-refractivity contribution in [3.63, 3.8) is 0 Å². The van der Waals surface area contributed by atoms with E-state index < -0.39 is 5.60 Å². The average Bonchev–Trinajstić information content (AvgIpc) is 2.60. The maximum atomic E-state index is 11.3. The number of rotatable bonds is 3. The minimum atomic E-state index is -0.550. The first-order valence-electron chi connectivity index (χ1n) is 6.91. The van der Waals surface area contributed by atoms with E-state index in [2.05, 4.69) is 15.3 Å². The Balaban J connectivity index is 1.94. The van der Waals surface area contributed by atoms with Gasteiger partial charge in [-0.2, -0.15) is 0 Å². The molecule has 2 heterocycles. The Morgan fingerprint density at radius 1 is 1.50 bits per heavy atom. The zero-order valence-electron chi connectivity index (χ0n) is 11.8. The highest BCUT2D eigenvalue weighted by Gasteiger charge is 2.24. The molecule has 20 heavy (non-hydrogen) atoms. The number of aromatic nitrogens is 1. The molecule has 1 atom stereocenters. The standard InChI is InChI=1S/C14H22N4O2/c1-14(20)5-2-7-18(8-6-14)10-12-4-3-11(9-16-12)13(19)17-15/h3-4,9,20H,2,5-8,10,15H2,1H3,(H,17,19). The van der Waals surface area contributed by atoms with E-state index in [1.165, 1.54) is 6.20 Å². The van der Waals surface area contributed by atoms with Gasteiger partial charge in [0.05, 0.1) is 16.9 Å². The number of hydrazine groups is 1. The van der Waals surface area contributed by atoms with Crippen LogP contribution >= 0.6 is 0 Å². The third-order valence-electron chi connectivity index (χ3n) is 3.76. The minimum absolute atomic E-state index is 0.338. The summed E-state index contributed by atoms with van der Waals surface area (Å²) in [5, 5.41) is 10.1. The van der Waals surface area contributed by atoms with Gasteiger partial charge in [0.1, 0.15) is 0 Å². The normalized spacial score (nSPS) is 24.1. The Labute approximate surface area is 119 Å². The molecular weight excluding hydrogens is 256 g/mol. The number of amides is 1. The SMILES string of the molecule is CC1(O)CCCN(Cc2ccc(C(=O)NN)cn2)CC1. The fourth-order valence-corrected chi connectivity index (χ4v) is 2.44. The minimum Gasteiger partial charge on any atom is -0.390 e. The van der Waals surface area contributed by atoms with Crippen molar-refractivity contribution < 1.29 is 9.90 Å². The number of aliphatic hydroxyl groups is 1. The maximum Gasteiger partial charge on any atom is 0.266 e. The molecule has 1 saturated heterocycles. The molecule has 0 bridgehead atoms. The molecule has 1 fully saturated rings. The number of nitrogen functional groups attached to an aromatic ring is 1. The van der Waals surface area contributed by atoms with Crippen molar-refractivity contribution in [3.8, 4) is 0 Å². The third-order valence-corrected chi connectivity index (χ3v) is 3.76. The molecule has 1 unspecified atom stereocenters. The van der Waals surface area contributed by atoms with Crippen LogP contribution < -0.4 is 11.3 Å². The predicted molar refractivity (Wildman–Crippen MR) is 75.6 cm³/mol. The summed E-state index contributed by atoms with van der Waals surface area (Å²) in [6, 6.07) is 3.56. The molecule has 0 saturated carbocycles. The second-order valence-corrected chi connectivity index (χ2v) is 5.64. The van der Waals surface area contributed by atoms with Gasteiger partial charge in [0.25, 0.3) is 5.91 Å². The molecule has 1 aliphatic rings. The molecule has 0 radical (unpaired) electrons. The molecule has 1 aromatic heterocycles. The first kappa shape index (κ1) is 14.9. The number of hydrogen-bond acceptors (Lipinski definition) is 5. The van der Waals surface area contributed by atoms with E-state index in [1.807, 2.05) is 13.0 Å². The molecule has 4 N–H and O–H groups in total.